The van der Waals surface area contributed by atoms with Gasteiger partial charge in [0.1, 0.15) is 5.15 Å². The molecule has 0 fully saturated rings. The van der Waals surface area contributed by atoms with E-state index in [0.717, 1.165) is 11.1 Å². The molecule has 2 heterocycles. The summed E-state index contributed by atoms with van der Waals surface area (Å²) in [6.45, 7) is 5.17. The largest absolute Gasteiger partial charge is 0.449 e. The lowest BCUT2D eigenvalue weighted by molar-refractivity contribution is -0.123. The Balaban J connectivity index is 1.71. The fourth-order valence-corrected chi connectivity index (χ4v) is 2.84. The van der Waals surface area contributed by atoms with Crippen molar-refractivity contribution in [3.05, 3.63) is 52.4 Å². The van der Waals surface area contributed by atoms with Crippen LogP contribution in [0, 0.1) is 13.8 Å². The maximum atomic E-state index is 12.4. The smallest absolute Gasteiger partial charge is 0.338 e. The summed E-state index contributed by atoms with van der Waals surface area (Å²) in [5.74, 6) is -1.01. The number of fused-ring (bicyclic) bond motifs is 1. The summed E-state index contributed by atoms with van der Waals surface area (Å²) in [5.41, 5.74) is 3.15. The van der Waals surface area contributed by atoms with Crippen LogP contribution in [0.2, 0.25) is 5.15 Å². The van der Waals surface area contributed by atoms with Gasteiger partial charge in [0.05, 0.1) is 28.2 Å². The minimum Gasteiger partial charge on any atom is -0.449 e. The van der Waals surface area contributed by atoms with Gasteiger partial charge in [-0.15, -0.1) is 0 Å². The lowest BCUT2D eigenvalue weighted by Gasteiger charge is -2.14. The molecule has 140 valence electrons. The molecule has 0 radical (unpaired) electrons. The first-order chi connectivity index (χ1) is 12.8. The van der Waals surface area contributed by atoms with Gasteiger partial charge in [-0.3, -0.25) is 9.48 Å². The Morgan fingerprint density at radius 3 is 2.63 bits per heavy atom. The van der Waals surface area contributed by atoms with Crippen LogP contribution < -0.4 is 5.32 Å². The van der Waals surface area contributed by atoms with Crippen molar-refractivity contribution in [3.8, 4) is 0 Å². The predicted molar refractivity (Wildman–Crippen MR) is 103 cm³/mol. The van der Waals surface area contributed by atoms with E-state index in [1.54, 1.807) is 49.0 Å². The third-order valence-electron chi connectivity index (χ3n) is 4.30. The molecular weight excluding hydrogens is 368 g/mol. The predicted octanol–water partition coefficient (Wildman–Crippen LogP) is 3.42. The Morgan fingerprint density at radius 1 is 1.22 bits per heavy atom. The van der Waals surface area contributed by atoms with E-state index in [9.17, 15) is 9.59 Å². The van der Waals surface area contributed by atoms with Crippen LogP contribution in [0.5, 0.6) is 0 Å². The number of hydrogen-bond donors (Lipinski definition) is 1. The summed E-state index contributed by atoms with van der Waals surface area (Å²) in [6.07, 6.45) is -0.962. The van der Waals surface area contributed by atoms with E-state index in [-0.39, 0.29) is 0 Å². The number of benzene rings is 1. The van der Waals surface area contributed by atoms with Gasteiger partial charge in [0.25, 0.3) is 5.91 Å². The first kappa shape index (κ1) is 18.8. The van der Waals surface area contributed by atoms with E-state index >= 15 is 0 Å². The number of hydrogen-bond acceptors (Lipinski definition) is 5. The first-order valence-electron chi connectivity index (χ1n) is 8.34. The zero-order valence-electron chi connectivity index (χ0n) is 15.4. The van der Waals surface area contributed by atoms with Gasteiger partial charge in [0.2, 0.25) is 0 Å². The molecule has 1 N–H and O–H groups in total. The Labute approximate surface area is 161 Å². The lowest BCUT2D eigenvalue weighted by atomic mass is 10.1. The molecule has 1 aromatic carbocycles. The summed E-state index contributed by atoms with van der Waals surface area (Å²) in [4.78, 5) is 29.0. The Morgan fingerprint density at radius 2 is 1.96 bits per heavy atom. The van der Waals surface area contributed by atoms with E-state index in [0.29, 0.717) is 27.6 Å². The van der Waals surface area contributed by atoms with Gasteiger partial charge in [-0.25, -0.2) is 9.78 Å². The van der Waals surface area contributed by atoms with Gasteiger partial charge in [-0.2, -0.15) is 5.10 Å². The van der Waals surface area contributed by atoms with Crippen molar-refractivity contribution in [1.82, 2.24) is 14.8 Å². The molecule has 27 heavy (non-hydrogen) atoms. The van der Waals surface area contributed by atoms with E-state index in [4.69, 9.17) is 16.3 Å². The molecule has 0 spiro atoms. The number of rotatable bonds is 4. The zero-order valence-corrected chi connectivity index (χ0v) is 16.2. The molecule has 8 heteroatoms. The van der Waals surface area contributed by atoms with Gasteiger partial charge in [0.15, 0.2) is 6.10 Å². The van der Waals surface area contributed by atoms with Gasteiger partial charge < -0.3 is 10.1 Å². The number of nitrogens with zero attached hydrogens (tertiary/aromatic N) is 3. The Bertz CT molecular complexity index is 1040. The second-order valence-electron chi connectivity index (χ2n) is 6.25. The van der Waals surface area contributed by atoms with Gasteiger partial charge in [-0.05, 0) is 51.1 Å². The molecule has 0 aliphatic heterocycles. The minimum atomic E-state index is -0.962. The molecule has 7 nitrogen and oxygen atoms in total. The number of amides is 1. The molecule has 3 aromatic rings. The topological polar surface area (TPSA) is 86.1 Å². The van der Waals surface area contributed by atoms with Crippen molar-refractivity contribution < 1.29 is 14.3 Å². The molecule has 0 saturated carbocycles. The number of aryl methyl sites for hydroxylation is 2. The molecule has 0 aliphatic carbocycles. The van der Waals surface area contributed by atoms with Crippen LogP contribution in [-0.4, -0.2) is 32.7 Å². The van der Waals surface area contributed by atoms with E-state index in [1.807, 2.05) is 6.92 Å². The Kier molecular flexibility index (Phi) is 5.14. The zero-order chi connectivity index (χ0) is 19.7. The SMILES string of the molecule is Cc1nn(C)c(C)c1NC(=O)C(C)OC(=O)c1ccc2nc(Cl)ccc2c1. The summed E-state index contributed by atoms with van der Waals surface area (Å²) < 4.78 is 6.98. The van der Waals surface area contributed by atoms with E-state index in [1.165, 1.54) is 6.92 Å². The average molecular weight is 387 g/mol. The lowest BCUT2D eigenvalue weighted by Crippen LogP contribution is -2.30. The number of pyridine rings is 1. The third-order valence-corrected chi connectivity index (χ3v) is 4.51. The molecule has 0 bridgehead atoms. The highest BCUT2D eigenvalue weighted by Crippen LogP contribution is 2.20. The van der Waals surface area contributed by atoms with Gasteiger partial charge in [-0.1, -0.05) is 11.6 Å². The van der Waals surface area contributed by atoms with Crippen LogP contribution in [0.3, 0.4) is 0 Å². The van der Waals surface area contributed by atoms with Crippen LogP contribution in [0.15, 0.2) is 30.3 Å². The molecule has 2 aromatic heterocycles. The summed E-state index contributed by atoms with van der Waals surface area (Å²) in [5, 5.41) is 8.15. The molecular formula is C19H19ClN4O3. The second kappa shape index (κ2) is 7.36. The number of carbonyl (C=O) groups is 2. The fourth-order valence-electron chi connectivity index (χ4n) is 2.69. The molecule has 3 rings (SSSR count). The quantitative estimate of drug-likeness (QED) is 0.548. The number of aromatic nitrogens is 3. The van der Waals surface area contributed by atoms with Crippen LogP contribution in [0.25, 0.3) is 10.9 Å². The standard InChI is InChI=1S/C19H19ClN4O3/c1-10-17(11(2)24(4)23-10)22-18(25)12(3)27-19(26)14-5-7-15-13(9-14)6-8-16(20)21-15/h5-9,12H,1-4H3,(H,22,25). The maximum absolute atomic E-state index is 12.4. The molecule has 0 saturated heterocycles. The fraction of sp³-hybridized carbons (Fsp3) is 0.263. The van der Waals surface area contributed by atoms with Crippen molar-refractivity contribution in [2.75, 3.05) is 5.32 Å². The summed E-state index contributed by atoms with van der Waals surface area (Å²) >= 11 is 5.86. The number of halogens is 1. The molecule has 1 amide bonds. The van der Waals surface area contributed by atoms with Gasteiger partial charge >= 0.3 is 5.97 Å². The van der Waals surface area contributed by atoms with Crippen molar-refractivity contribution in [2.45, 2.75) is 26.9 Å². The highest BCUT2D eigenvalue weighted by molar-refractivity contribution is 6.29. The third kappa shape index (κ3) is 3.93. The monoisotopic (exact) mass is 386 g/mol. The number of esters is 1. The van der Waals surface area contributed by atoms with Crippen molar-refractivity contribution in [3.63, 3.8) is 0 Å². The van der Waals surface area contributed by atoms with Crippen LogP contribution >= 0.6 is 11.6 Å². The van der Waals surface area contributed by atoms with Crippen LogP contribution in [-0.2, 0) is 16.6 Å². The summed E-state index contributed by atoms with van der Waals surface area (Å²) in [6, 6.07) is 8.35. The molecule has 1 unspecified atom stereocenters. The summed E-state index contributed by atoms with van der Waals surface area (Å²) in [7, 11) is 1.79. The maximum Gasteiger partial charge on any atom is 0.338 e. The number of nitrogens with one attached hydrogen (secondary N) is 1. The normalized spacial score (nSPS) is 12.0. The van der Waals surface area contributed by atoms with Crippen LogP contribution in [0.4, 0.5) is 5.69 Å². The number of anilines is 1. The number of ether oxygens (including phenoxy) is 1. The highest BCUT2D eigenvalue weighted by atomic mass is 35.5. The highest BCUT2D eigenvalue weighted by Gasteiger charge is 2.21. The Hall–Kier alpha value is -2.93. The van der Waals surface area contributed by atoms with Crippen LogP contribution in [0.1, 0.15) is 28.7 Å². The van der Waals surface area contributed by atoms with Crippen molar-refractivity contribution in [1.29, 1.82) is 0 Å². The minimum absolute atomic E-state index is 0.333. The van der Waals surface area contributed by atoms with Crippen molar-refractivity contribution >= 4 is 40.1 Å². The molecule has 1 atom stereocenters. The number of carbonyl (C=O) groups excluding carboxylic acids is 2. The van der Waals surface area contributed by atoms with Gasteiger partial charge in [0, 0.05) is 12.4 Å². The van der Waals surface area contributed by atoms with E-state index < -0.39 is 18.0 Å². The first-order valence-corrected chi connectivity index (χ1v) is 8.72. The van der Waals surface area contributed by atoms with Crippen molar-refractivity contribution in [2.24, 2.45) is 7.05 Å². The molecule has 0 aliphatic rings. The van der Waals surface area contributed by atoms with E-state index in [2.05, 4.69) is 15.4 Å². The second-order valence-corrected chi connectivity index (χ2v) is 6.63. The average Bonchev–Trinajstić information content (AvgIpc) is 2.87.